The molecule has 1 aliphatic heterocycles. The molecular weight excluding hydrogens is 318 g/mol. The molecule has 0 radical (unpaired) electrons. The topological polar surface area (TPSA) is 62.3 Å². The van der Waals surface area contributed by atoms with Crippen molar-refractivity contribution in [3.05, 3.63) is 16.1 Å². The van der Waals surface area contributed by atoms with Crippen LogP contribution in [0.3, 0.4) is 0 Å². The Morgan fingerprint density at radius 2 is 2.18 bits per heavy atom. The molecule has 22 heavy (non-hydrogen) atoms. The zero-order valence-electron chi connectivity index (χ0n) is 13.9. The Balaban J connectivity index is 1.93. The van der Waals surface area contributed by atoms with Crippen LogP contribution >= 0.6 is 11.3 Å². The monoisotopic (exact) mass is 343 g/mol. The quantitative estimate of drug-likeness (QED) is 0.897. The third-order valence-corrected chi connectivity index (χ3v) is 7.12. The normalized spacial score (nSPS) is 26.0. The minimum atomic E-state index is -0.831. The first-order valence-electron chi connectivity index (χ1n) is 7.56. The summed E-state index contributed by atoms with van der Waals surface area (Å²) in [5, 5.41) is 6.03. The van der Waals surface area contributed by atoms with Gasteiger partial charge in [-0.1, -0.05) is 20.8 Å². The zero-order valence-corrected chi connectivity index (χ0v) is 15.5. The zero-order chi connectivity index (χ0) is 16.5. The third kappa shape index (κ3) is 3.87. The smallest absolute Gasteiger partial charge is 0.318 e. The predicted octanol–water partition coefficient (Wildman–Crippen LogP) is 2.49. The molecule has 0 aromatic carbocycles. The minimum absolute atomic E-state index is 0.00449. The average Bonchev–Trinajstić information content (AvgIpc) is 2.91. The fourth-order valence-electron chi connectivity index (χ4n) is 2.34. The molecule has 2 amide bonds. The Morgan fingerprint density at radius 3 is 2.77 bits per heavy atom. The average molecular weight is 344 g/mol. The molecule has 5 nitrogen and oxygen atoms in total. The first-order valence-corrected chi connectivity index (χ1v) is 9.83. The minimum Gasteiger partial charge on any atom is -0.332 e. The van der Waals surface area contributed by atoms with E-state index < -0.39 is 10.8 Å². The molecule has 0 aliphatic carbocycles. The number of carbonyl (C=O) groups is 1. The summed E-state index contributed by atoms with van der Waals surface area (Å²) >= 11 is 1.63. The van der Waals surface area contributed by atoms with Gasteiger partial charge in [0.1, 0.15) is 0 Å². The van der Waals surface area contributed by atoms with Crippen LogP contribution in [0.25, 0.3) is 0 Å². The first-order chi connectivity index (χ1) is 10.2. The van der Waals surface area contributed by atoms with Crippen molar-refractivity contribution in [1.82, 2.24) is 15.2 Å². The van der Waals surface area contributed by atoms with Crippen molar-refractivity contribution in [3.63, 3.8) is 0 Å². The van der Waals surface area contributed by atoms with E-state index in [1.165, 1.54) is 0 Å². The summed E-state index contributed by atoms with van der Waals surface area (Å²) in [6.45, 7) is 11.3. The standard InChI is InChI=1S/C15H25N3O2S2/c1-10-11(2)22(20)7-6-18(10)14(19)16-8-12-9-21-13(17-12)15(3,4)5/h9-11H,6-8H2,1-5H3,(H,16,19)/t10-,11-,22-/m1/s1. The highest BCUT2D eigenvalue weighted by molar-refractivity contribution is 7.85. The van der Waals surface area contributed by atoms with E-state index >= 15 is 0 Å². The molecule has 1 aromatic heterocycles. The van der Waals surface area contributed by atoms with Gasteiger partial charge in [0.05, 0.1) is 22.5 Å². The van der Waals surface area contributed by atoms with Crippen molar-refractivity contribution >= 4 is 28.2 Å². The fourth-order valence-corrected chi connectivity index (χ4v) is 4.58. The lowest BCUT2D eigenvalue weighted by atomic mass is 9.98. The van der Waals surface area contributed by atoms with Crippen LogP contribution in [0.5, 0.6) is 0 Å². The van der Waals surface area contributed by atoms with Gasteiger partial charge in [-0.25, -0.2) is 9.78 Å². The predicted molar refractivity (Wildman–Crippen MR) is 91.7 cm³/mol. The number of hydrogen-bond donors (Lipinski definition) is 1. The van der Waals surface area contributed by atoms with Gasteiger partial charge < -0.3 is 10.2 Å². The molecule has 1 aliphatic rings. The Labute approximate surface area is 139 Å². The molecule has 124 valence electrons. The summed E-state index contributed by atoms with van der Waals surface area (Å²) in [5.74, 6) is 0.559. The van der Waals surface area contributed by atoms with Gasteiger partial charge in [0, 0.05) is 39.9 Å². The van der Waals surface area contributed by atoms with Gasteiger partial charge in [-0.15, -0.1) is 11.3 Å². The molecule has 1 aromatic rings. The van der Waals surface area contributed by atoms with Crippen LogP contribution in [0, 0.1) is 0 Å². The van der Waals surface area contributed by atoms with E-state index in [4.69, 9.17) is 0 Å². The molecule has 2 heterocycles. The summed E-state index contributed by atoms with van der Waals surface area (Å²) in [6.07, 6.45) is 0. The molecule has 0 bridgehead atoms. The largest absolute Gasteiger partial charge is 0.332 e. The van der Waals surface area contributed by atoms with Crippen molar-refractivity contribution in [2.24, 2.45) is 0 Å². The van der Waals surface area contributed by atoms with Crippen LogP contribution in [0.4, 0.5) is 4.79 Å². The SMILES string of the molecule is C[C@@H]1[C@@H](C)[S@](=O)CCN1C(=O)NCc1csc(C(C)(C)C)n1. The van der Waals surface area contributed by atoms with Crippen molar-refractivity contribution < 1.29 is 9.00 Å². The molecule has 2 rings (SSSR count). The number of carbonyl (C=O) groups excluding carboxylic acids is 1. The van der Waals surface area contributed by atoms with Gasteiger partial charge in [0.2, 0.25) is 0 Å². The molecule has 0 saturated carbocycles. The maximum Gasteiger partial charge on any atom is 0.318 e. The van der Waals surface area contributed by atoms with E-state index in [-0.39, 0.29) is 22.7 Å². The Bertz CT molecular complexity index is 565. The highest BCUT2D eigenvalue weighted by atomic mass is 32.2. The number of nitrogens with one attached hydrogen (secondary N) is 1. The number of thiazole rings is 1. The van der Waals surface area contributed by atoms with Crippen molar-refractivity contribution in [1.29, 1.82) is 0 Å². The molecule has 3 atom stereocenters. The lowest BCUT2D eigenvalue weighted by Gasteiger charge is -2.37. The molecule has 1 N–H and O–H groups in total. The summed E-state index contributed by atoms with van der Waals surface area (Å²) in [5.41, 5.74) is 0.929. The van der Waals surface area contributed by atoms with Gasteiger partial charge in [-0.3, -0.25) is 4.21 Å². The molecule has 0 spiro atoms. The number of nitrogens with zero attached hydrogens (tertiary/aromatic N) is 2. The van der Waals surface area contributed by atoms with Crippen molar-refractivity contribution in [2.45, 2.75) is 57.9 Å². The molecule has 7 heteroatoms. The second-order valence-corrected chi connectivity index (χ2v) is 9.55. The number of hydrogen-bond acceptors (Lipinski definition) is 4. The van der Waals surface area contributed by atoms with Gasteiger partial charge in [0.15, 0.2) is 0 Å². The van der Waals surface area contributed by atoms with E-state index in [0.29, 0.717) is 18.8 Å². The highest BCUT2D eigenvalue weighted by Crippen LogP contribution is 2.25. The second-order valence-electron chi connectivity index (χ2n) is 6.78. The van der Waals surface area contributed by atoms with E-state index in [2.05, 4.69) is 31.1 Å². The van der Waals surface area contributed by atoms with Gasteiger partial charge >= 0.3 is 6.03 Å². The van der Waals surface area contributed by atoms with Gasteiger partial charge in [-0.05, 0) is 13.8 Å². The Kier molecular flexibility index (Phi) is 5.27. The molecule has 1 fully saturated rings. The Morgan fingerprint density at radius 1 is 1.50 bits per heavy atom. The summed E-state index contributed by atoms with van der Waals surface area (Å²) in [4.78, 5) is 18.7. The van der Waals surface area contributed by atoms with Crippen LogP contribution in [-0.4, -0.2) is 43.7 Å². The summed E-state index contributed by atoms with van der Waals surface area (Å²) < 4.78 is 11.8. The number of aromatic nitrogens is 1. The highest BCUT2D eigenvalue weighted by Gasteiger charge is 2.32. The maximum atomic E-state index is 12.3. The molecule has 1 saturated heterocycles. The molecular formula is C15H25N3O2S2. The van der Waals surface area contributed by atoms with Crippen LogP contribution in [-0.2, 0) is 22.8 Å². The van der Waals surface area contributed by atoms with E-state index in [0.717, 1.165) is 10.7 Å². The third-order valence-electron chi connectivity index (χ3n) is 3.99. The van der Waals surface area contributed by atoms with Crippen LogP contribution in [0.15, 0.2) is 5.38 Å². The Hall–Kier alpha value is -0.950. The van der Waals surface area contributed by atoms with Crippen LogP contribution in [0.1, 0.15) is 45.3 Å². The van der Waals surface area contributed by atoms with Crippen LogP contribution < -0.4 is 5.32 Å². The first kappa shape index (κ1) is 17.4. The number of urea groups is 1. The van der Waals surface area contributed by atoms with E-state index in [1.807, 2.05) is 19.2 Å². The van der Waals surface area contributed by atoms with E-state index in [1.54, 1.807) is 16.2 Å². The van der Waals surface area contributed by atoms with Crippen molar-refractivity contribution in [3.8, 4) is 0 Å². The number of amides is 2. The lowest BCUT2D eigenvalue weighted by molar-refractivity contribution is 0.179. The lowest BCUT2D eigenvalue weighted by Crippen LogP contribution is -2.55. The second kappa shape index (κ2) is 6.66. The van der Waals surface area contributed by atoms with Crippen molar-refractivity contribution in [2.75, 3.05) is 12.3 Å². The fraction of sp³-hybridized carbons (Fsp3) is 0.733. The van der Waals surface area contributed by atoms with Gasteiger partial charge in [-0.2, -0.15) is 0 Å². The maximum absolute atomic E-state index is 12.3. The summed E-state index contributed by atoms with van der Waals surface area (Å²) in [7, 11) is -0.831. The summed E-state index contributed by atoms with van der Waals surface area (Å²) in [6, 6.07) is -0.100. The van der Waals surface area contributed by atoms with E-state index in [9.17, 15) is 9.00 Å². The molecule has 0 unspecified atom stereocenters. The van der Waals surface area contributed by atoms with Gasteiger partial charge in [0.25, 0.3) is 0 Å². The van der Waals surface area contributed by atoms with Crippen LogP contribution in [0.2, 0.25) is 0 Å². The number of rotatable bonds is 2.